The van der Waals surface area contributed by atoms with E-state index in [1.807, 2.05) is 6.92 Å². The van der Waals surface area contributed by atoms with Crippen LogP contribution in [0.15, 0.2) is 12.1 Å². The Morgan fingerprint density at radius 3 is 2.58 bits per heavy atom. The summed E-state index contributed by atoms with van der Waals surface area (Å²) in [6.07, 6.45) is 5.13. The van der Waals surface area contributed by atoms with Crippen molar-refractivity contribution in [3.63, 3.8) is 0 Å². The Kier molecular flexibility index (Phi) is 5.25. The van der Waals surface area contributed by atoms with Crippen molar-refractivity contribution in [3.8, 4) is 0 Å². The molecule has 1 aromatic carbocycles. The molecule has 0 heterocycles. The molecule has 26 heavy (non-hydrogen) atoms. The highest BCUT2D eigenvalue weighted by Gasteiger charge is 2.40. The summed E-state index contributed by atoms with van der Waals surface area (Å²) in [5, 5.41) is 13.6. The molecule has 3 rings (SSSR count). The van der Waals surface area contributed by atoms with Crippen LogP contribution >= 0.6 is 0 Å². The molecule has 1 aromatic rings. The molecule has 3 atom stereocenters. The number of carbonyl (C=O) groups excluding carboxylic acids is 2. The Balaban J connectivity index is 1.52. The molecule has 2 aliphatic rings. The molecule has 0 spiro atoms. The number of nitrogens with one attached hydrogen (secondary N) is 1. The van der Waals surface area contributed by atoms with Gasteiger partial charge in [-0.3, -0.25) is 19.7 Å². The van der Waals surface area contributed by atoms with Crippen LogP contribution in [0.2, 0.25) is 0 Å². The number of aryl methyl sites for hydroxylation is 2. The first-order chi connectivity index (χ1) is 12.3. The summed E-state index contributed by atoms with van der Waals surface area (Å²) in [5.74, 6) is 0.820. The van der Waals surface area contributed by atoms with E-state index in [4.69, 9.17) is 4.74 Å². The highest BCUT2D eigenvalue weighted by molar-refractivity contribution is 5.95. The van der Waals surface area contributed by atoms with Crippen molar-refractivity contribution >= 4 is 23.3 Å². The van der Waals surface area contributed by atoms with E-state index in [0.29, 0.717) is 18.3 Å². The van der Waals surface area contributed by atoms with Crippen LogP contribution in [0.1, 0.15) is 43.2 Å². The lowest BCUT2D eigenvalue weighted by Crippen LogP contribution is -2.23. The van der Waals surface area contributed by atoms with Crippen molar-refractivity contribution in [1.29, 1.82) is 0 Å². The molecular formula is C19H24N2O5. The number of carbonyl (C=O) groups is 2. The minimum atomic E-state index is -0.572. The third-order valence-corrected chi connectivity index (χ3v) is 5.76. The number of benzene rings is 1. The van der Waals surface area contributed by atoms with Gasteiger partial charge in [0.1, 0.15) is 5.69 Å². The summed E-state index contributed by atoms with van der Waals surface area (Å²) in [6.45, 7) is 3.15. The maximum absolute atomic E-state index is 12.0. The number of nitro benzene ring substituents is 1. The van der Waals surface area contributed by atoms with Crippen LogP contribution in [0.5, 0.6) is 0 Å². The highest BCUT2D eigenvalue weighted by atomic mass is 16.6. The van der Waals surface area contributed by atoms with Crippen LogP contribution in [0.3, 0.4) is 0 Å². The minimum absolute atomic E-state index is 0.118. The summed E-state index contributed by atoms with van der Waals surface area (Å²) in [4.78, 5) is 34.7. The molecule has 2 bridgehead atoms. The standard InChI is InChI=1S/C19H24N2O5/c1-11-5-16(17(21(24)25)6-12(11)2)20-18(22)10-26-19(23)9-15-8-13-3-4-14(15)7-13/h5-6,13-15H,3-4,7-10H2,1-2H3,(H,20,22)/t13-,14+,15-/m0/s1. The SMILES string of the molecule is Cc1cc(NC(=O)COC(=O)C[C@@H]2C[C@H]3CC[C@@H]2C3)c([N+](=O)[O-])cc1C. The van der Waals surface area contributed by atoms with Crippen LogP contribution in [0.4, 0.5) is 11.4 Å². The maximum Gasteiger partial charge on any atom is 0.306 e. The average molecular weight is 360 g/mol. The molecule has 140 valence electrons. The fourth-order valence-electron chi connectivity index (χ4n) is 4.28. The summed E-state index contributed by atoms with van der Waals surface area (Å²) in [7, 11) is 0. The van der Waals surface area contributed by atoms with Crippen molar-refractivity contribution in [2.24, 2.45) is 17.8 Å². The Bertz CT molecular complexity index is 746. The maximum atomic E-state index is 12.0. The molecule has 2 fully saturated rings. The second-order valence-corrected chi connectivity index (χ2v) is 7.56. The van der Waals surface area contributed by atoms with Gasteiger partial charge in [0.05, 0.1) is 4.92 Å². The zero-order chi connectivity index (χ0) is 18.8. The smallest absolute Gasteiger partial charge is 0.306 e. The van der Waals surface area contributed by atoms with Gasteiger partial charge in [-0.15, -0.1) is 0 Å². The third kappa shape index (κ3) is 4.03. The van der Waals surface area contributed by atoms with Gasteiger partial charge in [-0.2, -0.15) is 0 Å². The molecule has 0 radical (unpaired) electrons. The highest BCUT2D eigenvalue weighted by Crippen LogP contribution is 2.49. The quantitative estimate of drug-likeness (QED) is 0.475. The van der Waals surface area contributed by atoms with E-state index < -0.39 is 17.4 Å². The van der Waals surface area contributed by atoms with E-state index in [2.05, 4.69) is 5.32 Å². The first kappa shape index (κ1) is 18.4. The van der Waals surface area contributed by atoms with Gasteiger partial charge in [0, 0.05) is 12.5 Å². The number of esters is 1. The molecule has 2 saturated carbocycles. The zero-order valence-corrected chi connectivity index (χ0v) is 15.1. The van der Waals surface area contributed by atoms with Crippen molar-refractivity contribution < 1.29 is 19.2 Å². The molecule has 0 saturated heterocycles. The molecule has 7 nitrogen and oxygen atoms in total. The fourth-order valence-corrected chi connectivity index (χ4v) is 4.28. The van der Waals surface area contributed by atoms with Gasteiger partial charge in [-0.05, 0) is 68.1 Å². The van der Waals surface area contributed by atoms with E-state index in [0.717, 1.165) is 23.5 Å². The third-order valence-electron chi connectivity index (χ3n) is 5.76. The summed E-state index contributed by atoms with van der Waals surface area (Å²) >= 11 is 0. The first-order valence-electron chi connectivity index (χ1n) is 9.04. The average Bonchev–Trinajstić information content (AvgIpc) is 3.18. The van der Waals surface area contributed by atoms with E-state index in [-0.39, 0.29) is 17.3 Å². The van der Waals surface area contributed by atoms with Crippen LogP contribution < -0.4 is 5.32 Å². The zero-order valence-electron chi connectivity index (χ0n) is 15.1. The van der Waals surface area contributed by atoms with E-state index in [1.165, 1.54) is 25.3 Å². The number of amides is 1. The Labute approximate surface area is 152 Å². The Morgan fingerprint density at radius 1 is 1.23 bits per heavy atom. The van der Waals surface area contributed by atoms with Gasteiger partial charge in [0.15, 0.2) is 6.61 Å². The number of fused-ring (bicyclic) bond motifs is 2. The van der Waals surface area contributed by atoms with Crippen molar-refractivity contribution in [1.82, 2.24) is 0 Å². The van der Waals surface area contributed by atoms with Gasteiger partial charge in [0.2, 0.25) is 0 Å². The van der Waals surface area contributed by atoms with Gasteiger partial charge in [0.25, 0.3) is 11.6 Å². The number of nitrogens with zero attached hydrogens (tertiary/aromatic N) is 1. The van der Waals surface area contributed by atoms with Gasteiger partial charge >= 0.3 is 5.97 Å². The van der Waals surface area contributed by atoms with Crippen molar-refractivity contribution in [2.75, 3.05) is 11.9 Å². The van der Waals surface area contributed by atoms with Crippen LogP contribution in [-0.4, -0.2) is 23.4 Å². The second-order valence-electron chi connectivity index (χ2n) is 7.56. The van der Waals surface area contributed by atoms with Crippen LogP contribution in [0.25, 0.3) is 0 Å². The van der Waals surface area contributed by atoms with Crippen molar-refractivity contribution in [2.45, 2.75) is 46.0 Å². The number of ether oxygens (including phenoxy) is 1. The molecule has 0 unspecified atom stereocenters. The largest absolute Gasteiger partial charge is 0.456 e. The number of hydrogen-bond donors (Lipinski definition) is 1. The van der Waals surface area contributed by atoms with Crippen molar-refractivity contribution in [3.05, 3.63) is 33.4 Å². The number of nitro groups is 1. The number of anilines is 1. The summed E-state index contributed by atoms with van der Waals surface area (Å²) < 4.78 is 5.08. The molecular weight excluding hydrogens is 336 g/mol. The first-order valence-corrected chi connectivity index (χ1v) is 9.04. The summed E-state index contributed by atoms with van der Waals surface area (Å²) in [5.41, 5.74) is 1.55. The topological polar surface area (TPSA) is 98.5 Å². The molecule has 0 aliphatic heterocycles. The summed E-state index contributed by atoms with van der Waals surface area (Å²) in [6, 6.07) is 2.98. The van der Waals surface area contributed by atoms with Gasteiger partial charge < -0.3 is 10.1 Å². The monoisotopic (exact) mass is 360 g/mol. The molecule has 2 aliphatic carbocycles. The lowest BCUT2D eigenvalue weighted by Gasteiger charge is -2.20. The molecule has 1 amide bonds. The lowest BCUT2D eigenvalue weighted by atomic mass is 9.86. The lowest BCUT2D eigenvalue weighted by molar-refractivity contribution is -0.384. The predicted octanol–water partition coefficient (Wildman–Crippen LogP) is 3.52. The van der Waals surface area contributed by atoms with Gasteiger partial charge in [-0.1, -0.05) is 6.42 Å². The molecule has 0 aromatic heterocycles. The Hall–Kier alpha value is -2.44. The van der Waals surface area contributed by atoms with Crippen LogP contribution in [0, 0.1) is 41.7 Å². The minimum Gasteiger partial charge on any atom is -0.456 e. The van der Waals surface area contributed by atoms with Crippen LogP contribution in [-0.2, 0) is 14.3 Å². The number of rotatable bonds is 6. The number of hydrogen-bond acceptors (Lipinski definition) is 5. The van der Waals surface area contributed by atoms with E-state index >= 15 is 0 Å². The second kappa shape index (κ2) is 7.43. The fraction of sp³-hybridized carbons (Fsp3) is 0.579. The molecule has 1 N–H and O–H groups in total. The normalized spacial score (nSPS) is 23.7. The van der Waals surface area contributed by atoms with E-state index in [1.54, 1.807) is 13.0 Å². The van der Waals surface area contributed by atoms with Gasteiger partial charge in [-0.25, -0.2) is 0 Å². The molecule has 7 heteroatoms. The Morgan fingerprint density at radius 2 is 1.96 bits per heavy atom. The predicted molar refractivity (Wildman–Crippen MR) is 95.7 cm³/mol. The van der Waals surface area contributed by atoms with E-state index in [9.17, 15) is 19.7 Å².